The fourth-order valence-corrected chi connectivity index (χ4v) is 1.70. The molecule has 0 atom stereocenters. The smallest absolute Gasteiger partial charge is 0.405 e. The lowest BCUT2D eigenvalue weighted by Gasteiger charge is -2.12. The van der Waals surface area contributed by atoms with E-state index in [4.69, 9.17) is 0 Å². The lowest BCUT2D eigenvalue weighted by molar-refractivity contribution is -0.274. The maximum absolute atomic E-state index is 12.3. The van der Waals surface area contributed by atoms with Gasteiger partial charge in [-0.05, 0) is 19.1 Å². The number of nitrogens with zero attached hydrogens (tertiary/aromatic N) is 1. The Bertz CT molecular complexity index is 555. The number of benzene rings is 1. The molecule has 18 heavy (non-hydrogen) atoms. The van der Waals surface area contributed by atoms with Crippen LogP contribution in [0.4, 0.5) is 19.0 Å². The summed E-state index contributed by atoms with van der Waals surface area (Å²) in [5, 5.41) is 3.97. The zero-order chi connectivity index (χ0) is 13.2. The van der Waals surface area contributed by atoms with Gasteiger partial charge in [0.05, 0.1) is 0 Å². The second-order valence-electron chi connectivity index (χ2n) is 3.59. The largest absolute Gasteiger partial charge is 0.573 e. The molecule has 6 heteroatoms. The van der Waals surface area contributed by atoms with Gasteiger partial charge < -0.3 is 10.1 Å². The Morgan fingerprint density at radius 1 is 1.22 bits per heavy atom. The van der Waals surface area contributed by atoms with E-state index in [2.05, 4.69) is 15.0 Å². The van der Waals surface area contributed by atoms with Gasteiger partial charge in [-0.2, -0.15) is 0 Å². The SMILES string of the molecule is CCNc1nccc2c(OC(F)(F)F)cccc12. The van der Waals surface area contributed by atoms with E-state index in [1.165, 1.54) is 24.4 Å². The van der Waals surface area contributed by atoms with Gasteiger partial charge in [-0.15, -0.1) is 13.2 Å². The fourth-order valence-electron chi connectivity index (χ4n) is 1.70. The van der Waals surface area contributed by atoms with Crippen LogP contribution in [0.2, 0.25) is 0 Å². The molecule has 3 nitrogen and oxygen atoms in total. The topological polar surface area (TPSA) is 34.2 Å². The number of rotatable bonds is 3. The molecule has 0 aliphatic carbocycles. The van der Waals surface area contributed by atoms with Crippen molar-refractivity contribution in [2.75, 3.05) is 11.9 Å². The maximum Gasteiger partial charge on any atom is 0.573 e. The number of hydrogen-bond donors (Lipinski definition) is 1. The third-order valence-electron chi connectivity index (χ3n) is 2.34. The first-order valence-corrected chi connectivity index (χ1v) is 5.38. The number of alkyl halides is 3. The quantitative estimate of drug-likeness (QED) is 0.911. The van der Waals surface area contributed by atoms with Crippen molar-refractivity contribution in [2.45, 2.75) is 13.3 Å². The summed E-state index contributed by atoms with van der Waals surface area (Å²) in [5.74, 6) is 0.323. The van der Waals surface area contributed by atoms with Crippen LogP contribution in [0.5, 0.6) is 5.75 Å². The van der Waals surface area contributed by atoms with Crippen molar-refractivity contribution in [3.05, 3.63) is 30.5 Å². The van der Waals surface area contributed by atoms with Gasteiger partial charge in [0, 0.05) is 23.5 Å². The number of ether oxygens (including phenoxy) is 1. The van der Waals surface area contributed by atoms with Crippen molar-refractivity contribution in [1.82, 2.24) is 4.98 Å². The van der Waals surface area contributed by atoms with Crippen molar-refractivity contribution >= 4 is 16.6 Å². The molecule has 0 aliphatic heterocycles. The summed E-state index contributed by atoms with van der Waals surface area (Å²) in [7, 11) is 0. The molecule has 1 aromatic carbocycles. The van der Waals surface area contributed by atoms with E-state index in [0.29, 0.717) is 23.1 Å². The van der Waals surface area contributed by atoms with Crippen LogP contribution in [-0.4, -0.2) is 17.9 Å². The summed E-state index contributed by atoms with van der Waals surface area (Å²) in [6.45, 7) is 2.52. The molecule has 0 radical (unpaired) electrons. The highest BCUT2D eigenvalue weighted by molar-refractivity contribution is 5.95. The molecular formula is C12H11F3N2O. The van der Waals surface area contributed by atoms with E-state index in [9.17, 15) is 13.2 Å². The molecule has 1 aromatic heterocycles. The first kappa shape index (κ1) is 12.5. The van der Waals surface area contributed by atoms with Gasteiger partial charge >= 0.3 is 6.36 Å². The number of halogens is 3. The zero-order valence-corrected chi connectivity index (χ0v) is 9.58. The van der Waals surface area contributed by atoms with Crippen LogP contribution in [0.25, 0.3) is 10.8 Å². The van der Waals surface area contributed by atoms with Crippen molar-refractivity contribution in [3.8, 4) is 5.75 Å². The predicted octanol–water partition coefficient (Wildman–Crippen LogP) is 3.57. The highest BCUT2D eigenvalue weighted by Crippen LogP contribution is 2.32. The second-order valence-corrected chi connectivity index (χ2v) is 3.59. The van der Waals surface area contributed by atoms with Crippen molar-refractivity contribution < 1.29 is 17.9 Å². The molecule has 0 aliphatic rings. The van der Waals surface area contributed by atoms with E-state index < -0.39 is 6.36 Å². The summed E-state index contributed by atoms with van der Waals surface area (Å²) in [5.41, 5.74) is 0. The molecule has 1 N–H and O–H groups in total. The van der Waals surface area contributed by atoms with Crippen LogP contribution >= 0.6 is 0 Å². The monoisotopic (exact) mass is 256 g/mol. The minimum absolute atomic E-state index is 0.221. The zero-order valence-electron chi connectivity index (χ0n) is 9.58. The van der Waals surface area contributed by atoms with Crippen LogP contribution in [0, 0.1) is 0 Å². The van der Waals surface area contributed by atoms with Crippen LogP contribution in [0.1, 0.15) is 6.92 Å². The first-order valence-electron chi connectivity index (χ1n) is 5.38. The van der Waals surface area contributed by atoms with Crippen molar-refractivity contribution in [2.24, 2.45) is 0 Å². The van der Waals surface area contributed by atoms with Crippen LogP contribution in [-0.2, 0) is 0 Å². The summed E-state index contributed by atoms with van der Waals surface area (Å²) < 4.78 is 40.8. The molecule has 0 spiro atoms. The first-order chi connectivity index (χ1) is 8.51. The molecule has 1 heterocycles. The van der Waals surface area contributed by atoms with E-state index in [-0.39, 0.29) is 5.75 Å². The number of hydrogen-bond acceptors (Lipinski definition) is 3. The molecule has 0 amide bonds. The standard InChI is InChI=1S/C12H11F3N2O/c1-2-16-11-9-4-3-5-10(18-12(13,14)15)8(9)6-7-17-11/h3-7H,2H2,1H3,(H,16,17). The van der Waals surface area contributed by atoms with Gasteiger partial charge in [-0.25, -0.2) is 4.98 Å². The Hall–Kier alpha value is -1.98. The Kier molecular flexibility index (Phi) is 3.27. The van der Waals surface area contributed by atoms with Gasteiger partial charge in [0.15, 0.2) is 0 Å². The van der Waals surface area contributed by atoms with Crippen molar-refractivity contribution in [3.63, 3.8) is 0 Å². The van der Waals surface area contributed by atoms with E-state index in [1.54, 1.807) is 6.07 Å². The van der Waals surface area contributed by atoms with Crippen molar-refractivity contribution in [1.29, 1.82) is 0 Å². The summed E-state index contributed by atoms with van der Waals surface area (Å²) in [4.78, 5) is 4.09. The van der Waals surface area contributed by atoms with Crippen LogP contribution in [0.15, 0.2) is 30.5 Å². The average Bonchev–Trinajstić information content (AvgIpc) is 2.29. The molecular weight excluding hydrogens is 245 g/mol. The molecule has 0 saturated heterocycles. The third-order valence-corrected chi connectivity index (χ3v) is 2.34. The number of nitrogens with one attached hydrogen (secondary N) is 1. The highest BCUT2D eigenvalue weighted by atomic mass is 19.4. The Balaban J connectivity index is 2.53. The van der Waals surface area contributed by atoms with Crippen LogP contribution in [0.3, 0.4) is 0 Å². The van der Waals surface area contributed by atoms with Gasteiger partial charge in [0.2, 0.25) is 0 Å². The average molecular weight is 256 g/mol. The minimum atomic E-state index is -4.70. The van der Waals surface area contributed by atoms with Crippen LogP contribution < -0.4 is 10.1 Å². The van der Waals surface area contributed by atoms with E-state index in [1.807, 2.05) is 6.92 Å². The summed E-state index contributed by atoms with van der Waals surface area (Å²) in [6.07, 6.45) is -3.25. The maximum atomic E-state index is 12.3. The summed E-state index contributed by atoms with van der Waals surface area (Å²) in [6, 6.07) is 5.98. The number of anilines is 1. The highest BCUT2D eigenvalue weighted by Gasteiger charge is 2.31. The number of aromatic nitrogens is 1. The predicted molar refractivity (Wildman–Crippen MR) is 62.6 cm³/mol. The van der Waals surface area contributed by atoms with Gasteiger partial charge in [-0.3, -0.25) is 0 Å². The molecule has 0 bridgehead atoms. The Morgan fingerprint density at radius 2 is 2.00 bits per heavy atom. The van der Waals surface area contributed by atoms with E-state index >= 15 is 0 Å². The summed E-state index contributed by atoms with van der Waals surface area (Å²) >= 11 is 0. The van der Waals surface area contributed by atoms with Gasteiger partial charge in [0.25, 0.3) is 0 Å². The minimum Gasteiger partial charge on any atom is -0.405 e. The Morgan fingerprint density at radius 3 is 2.67 bits per heavy atom. The van der Waals surface area contributed by atoms with Gasteiger partial charge in [0.1, 0.15) is 11.6 Å². The fraction of sp³-hybridized carbons (Fsp3) is 0.250. The third kappa shape index (κ3) is 2.64. The number of pyridine rings is 1. The Labute approximate surface area is 102 Å². The number of fused-ring (bicyclic) bond motifs is 1. The molecule has 0 unspecified atom stereocenters. The molecule has 2 aromatic rings. The molecule has 0 saturated carbocycles. The second kappa shape index (κ2) is 4.72. The van der Waals surface area contributed by atoms with E-state index in [0.717, 1.165) is 0 Å². The normalized spacial score (nSPS) is 11.6. The lowest BCUT2D eigenvalue weighted by atomic mass is 10.1. The molecule has 0 fully saturated rings. The lowest BCUT2D eigenvalue weighted by Crippen LogP contribution is -2.17. The molecule has 96 valence electrons. The molecule has 2 rings (SSSR count). The van der Waals surface area contributed by atoms with Gasteiger partial charge in [-0.1, -0.05) is 12.1 Å².